The van der Waals surface area contributed by atoms with Gasteiger partial charge >= 0.3 is 6.18 Å². The number of nitrogens with one attached hydrogen (secondary N) is 1. The summed E-state index contributed by atoms with van der Waals surface area (Å²) in [7, 11) is 0. The van der Waals surface area contributed by atoms with Crippen LogP contribution in [0.3, 0.4) is 0 Å². The molecule has 1 aromatic carbocycles. The minimum absolute atomic E-state index is 0.0512. The Kier molecular flexibility index (Phi) is 5.88. The number of aryl methyl sites for hydroxylation is 1. The number of piperazine rings is 1. The van der Waals surface area contributed by atoms with Crippen molar-refractivity contribution in [1.82, 2.24) is 15.4 Å². The molecule has 2 heterocycles. The Labute approximate surface area is 154 Å². The quantitative estimate of drug-likeness (QED) is 0.742. The van der Waals surface area contributed by atoms with E-state index in [1.165, 1.54) is 12.1 Å². The van der Waals surface area contributed by atoms with Gasteiger partial charge in [0.1, 0.15) is 5.75 Å². The van der Waals surface area contributed by atoms with E-state index >= 15 is 0 Å². The van der Waals surface area contributed by atoms with Gasteiger partial charge in [-0.3, -0.25) is 4.79 Å². The van der Waals surface area contributed by atoms with Crippen LogP contribution in [0.4, 0.5) is 13.2 Å². The second-order valence-electron chi connectivity index (χ2n) is 6.46. The molecule has 0 atom stereocenters. The molecule has 27 heavy (non-hydrogen) atoms. The van der Waals surface area contributed by atoms with Gasteiger partial charge in [0.05, 0.1) is 18.5 Å². The standard InChI is InChI=1S/C18H22F3N3O3/c1-2-4-12-14(26-10-3-8-24-9-7-22-11-15(24)25)6-5-13-16(12)27-23-17(13)18(19,20)21/h5-6,22H,2-4,7-11H2,1H3. The molecule has 1 N–H and O–H groups in total. The number of halogens is 3. The Morgan fingerprint density at radius 3 is 2.89 bits per heavy atom. The van der Waals surface area contributed by atoms with Crippen LogP contribution in [0.2, 0.25) is 0 Å². The van der Waals surface area contributed by atoms with Crippen LogP contribution >= 0.6 is 0 Å². The molecule has 6 nitrogen and oxygen atoms in total. The molecule has 3 rings (SSSR count). The zero-order valence-electron chi connectivity index (χ0n) is 15.1. The molecule has 0 spiro atoms. The summed E-state index contributed by atoms with van der Waals surface area (Å²) in [5.74, 6) is 0.566. The monoisotopic (exact) mass is 385 g/mol. The van der Waals surface area contributed by atoms with Gasteiger partial charge in [-0.25, -0.2) is 0 Å². The van der Waals surface area contributed by atoms with Gasteiger partial charge in [-0.2, -0.15) is 13.2 Å². The predicted molar refractivity (Wildman–Crippen MR) is 92.6 cm³/mol. The zero-order valence-corrected chi connectivity index (χ0v) is 15.1. The minimum atomic E-state index is -4.56. The molecule has 1 aliphatic heterocycles. The average Bonchev–Trinajstić information content (AvgIpc) is 3.06. The maximum Gasteiger partial charge on any atom is 0.437 e. The van der Waals surface area contributed by atoms with Gasteiger partial charge in [0.2, 0.25) is 5.91 Å². The number of amides is 1. The van der Waals surface area contributed by atoms with Gasteiger partial charge in [-0.15, -0.1) is 0 Å². The SMILES string of the molecule is CCCc1c(OCCCN2CCNCC2=O)ccc2c(C(F)(F)F)noc12. The first kappa shape index (κ1) is 19.5. The van der Waals surface area contributed by atoms with E-state index in [-0.39, 0.29) is 16.9 Å². The number of nitrogens with zero attached hydrogens (tertiary/aromatic N) is 2. The molecule has 1 aliphatic rings. The molecule has 1 amide bonds. The Balaban J connectivity index is 1.70. The van der Waals surface area contributed by atoms with E-state index in [9.17, 15) is 18.0 Å². The smallest absolute Gasteiger partial charge is 0.437 e. The number of alkyl halides is 3. The first-order chi connectivity index (χ1) is 12.9. The van der Waals surface area contributed by atoms with Crippen molar-refractivity contribution in [1.29, 1.82) is 0 Å². The second-order valence-corrected chi connectivity index (χ2v) is 6.46. The van der Waals surface area contributed by atoms with Gasteiger partial charge in [0.25, 0.3) is 0 Å². The number of hydrogen-bond donors (Lipinski definition) is 1. The minimum Gasteiger partial charge on any atom is -0.493 e. The third kappa shape index (κ3) is 4.35. The number of benzene rings is 1. The first-order valence-electron chi connectivity index (χ1n) is 9.01. The molecule has 0 unspecified atom stereocenters. The van der Waals surface area contributed by atoms with Crippen molar-refractivity contribution < 1.29 is 27.2 Å². The molecular weight excluding hydrogens is 363 g/mol. The third-order valence-corrected chi connectivity index (χ3v) is 4.49. The summed E-state index contributed by atoms with van der Waals surface area (Å²) in [5.41, 5.74) is -0.297. The van der Waals surface area contributed by atoms with Crippen LogP contribution in [0.1, 0.15) is 31.0 Å². The molecule has 0 aliphatic carbocycles. The number of hydrogen-bond acceptors (Lipinski definition) is 5. The number of ether oxygens (including phenoxy) is 1. The lowest BCUT2D eigenvalue weighted by Crippen LogP contribution is -2.48. The number of fused-ring (bicyclic) bond motifs is 1. The van der Waals surface area contributed by atoms with Crippen molar-refractivity contribution in [2.45, 2.75) is 32.4 Å². The van der Waals surface area contributed by atoms with Crippen molar-refractivity contribution in [3.63, 3.8) is 0 Å². The summed E-state index contributed by atoms with van der Waals surface area (Å²) >= 11 is 0. The van der Waals surface area contributed by atoms with E-state index in [2.05, 4.69) is 10.5 Å². The second kappa shape index (κ2) is 8.16. The van der Waals surface area contributed by atoms with Crippen molar-refractivity contribution in [3.8, 4) is 5.75 Å². The summed E-state index contributed by atoms with van der Waals surface area (Å²) in [6.07, 6.45) is -2.67. The molecule has 0 saturated carbocycles. The fourth-order valence-electron chi connectivity index (χ4n) is 3.19. The zero-order chi connectivity index (χ0) is 19.4. The summed E-state index contributed by atoms with van der Waals surface area (Å²) in [5, 5.41) is 6.17. The fraction of sp³-hybridized carbons (Fsp3) is 0.556. The lowest BCUT2D eigenvalue weighted by Gasteiger charge is -2.27. The average molecular weight is 385 g/mol. The number of carbonyl (C=O) groups excluding carboxylic acids is 1. The summed E-state index contributed by atoms with van der Waals surface area (Å²) < 4.78 is 49.9. The molecule has 148 valence electrons. The van der Waals surface area contributed by atoms with Gasteiger partial charge in [-0.05, 0) is 25.0 Å². The van der Waals surface area contributed by atoms with Crippen LogP contribution in [0.5, 0.6) is 5.75 Å². The Morgan fingerprint density at radius 2 is 2.19 bits per heavy atom. The molecule has 2 aromatic rings. The van der Waals surface area contributed by atoms with E-state index in [1.54, 1.807) is 4.90 Å². The Morgan fingerprint density at radius 1 is 1.37 bits per heavy atom. The van der Waals surface area contributed by atoms with E-state index in [4.69, 9.17) is 9.26 Å². The van der Waals surface area contributed by atoms with Crippen LogP contribution in [0, 0.1) is 0 Å². The maximum absolute atomic E-state index is 13.0. The van der Waals surface area contributed by atoms with E-state index < -0.39 is 11.9 Å². The highest BCUT2D eigenvalue weighted by molar-refractivity contribution is 5.85. The van der Waals surface area contributed by atoms with Gasteiger partial charge in [0.15, 0.2) is 11.3 Å². The van der Waals surface area contributed by atoms with Crippen LogP contribution in [-0.2, 0) is 17.4 Å². The lowest BCUT2D eigenvalue weighted by molar-refractivity contribution is -0.141. The maximum atomic E-state index is 13.0. The molecule has 1 saturated heterocycles. The van der Waals surface area contributed by atoms with Crippen LogP contribution < -0.4 is 10.1 Å². The normalized spacial score (nSPS) is 15.6. The van der Waals surface area contributed by atoms with Gasteiger partial charge < -0.3 is 19.5 Å². The van der Waals surface area contributed by atoms with E-state index in [0.717, 1.165) is 13.0 Å². The van der Waals surface area contributed by atoms with Crippen LogP contribution in [0.15, 0.2) is 16.7 Å². The van der Waals surface area contributed by atoms with Crippen molar-refractivity contribution in [2.24, 2.45) is 0 Å². The highest BCUT2D eigenvalue weighted by Crippen LogP contribution is 2.38. The number of carbonyl (C=O) groups is 1. The van der Waals surface area contributed by atoms with Gasteiger partial charge in [-0.1, -0.05) is 18.5 Å². The highest BCUT2D eigenvalue weighted by atomic mass is 19.4. The predicted octanol–water partition coefficient (Wildman–Crippen LogP) is 3.00. The highest BCUT2D eigenvalue weighted by Gasteiger charge is 2.37. The molecule has 9 heteroatoms. The summed E-state index contributed by atoms with van der Waals surface area (Å²) in [4.78, 5) is 13.5. The fourth-order valence-corrected chi connectivity index (χ4v) is 3.19. The third-order valence-electron chi connectivity index (χ3n) is 4.49. The topological polar surface area (TPSA) is 67.6 Å². The van der Waals surface area contributed by atoms with Crippen molar-refractivity contribution in [2.75, 3.05) is 32.8 Å². The largest absolute Gasteiger partial charge is 0.493 e. The molecule has 1 fully saturated rings. The molecule has 1 aromatic heterocycles. The lowest BCUT2D eigenvalue weighted by atomic mass is 10.0. The van der Waals surface area contributed by atoms with E-state index in [0.29, 0.717) is 50.4 Å². The van der Waals surface area contributed by atoms with Crippen molar-refractivity contribution >= 4 is 16.9 Å². The Bertz CT molecular complexity index is 804. The van der Waals surface area contributed by atoms with Gasteiger partial charge in [0, 0.05) is 25.2 Å². The summed E-state index contributed by atoms with van der Waals surface area (Å²) in [6.45, 7) is 4.68. The van der Waals surface area contributed by atoms with E-state index in [1.807, 2.05) is 6.92 Å². The van der Waals surface area contributed by atoms with Crippen LogP contribution in [0.25, 0.3) is 11.0 Å². The Hall–Kier alpha value is -2.29. The first-order valence-corrected chi connectivity index (χ1v) is 9.01. The number of aromatic nitrogens is 1. The van der Waals surface area contributed by atoms with Crippen molar-refractivity contribution in [3.05, 3.63) is 23.4 Å². The van der Waals surface area contributed by atoms with Crippen LogP contribution in [-0.4, -0.2) is 48.7 Å². The molecule has 0 radical (unpaired) electrons. The molecular formula is C18H22F3N3O3. The molecule has 0 bridgehead atoms. The number of rotatable bonds is 7. The summed E-state index contributed by atoms with van der Waals surface area (Å²) in [6, 6.07) is 2.87.